The second-order valence-corrected chi connectivity index (χ2v) is 9.80. The predicted octanol–water partition coefficient (Wildman–Crippen LogP) is -0.393. The topological polar surface area (TPSA) is 212 Å². The maximum absolute atomic E-state index is 13.7. The zero-order valence-corrected chi connectivity index (χ0v) is 23.1. The van der Waals surface area contributed by atoms with Gasteiger partial charge in [0.15, 0.2) is 0 Å². The van der Waals surface area contributed by atoms with Gasteiger partial charge in [-0.3, -0.25) is 24.0 Å². The molecule has 14 nitrogen and oxygen atoms in total. The van der Waals surface area contributed by atoms with Crippen LogP contribution in [-0.4, -0.2) is 107 Å². The van der Waals surface area contributed by atoms with Gasteiger partial charge in [-0.2, -0.15) is 0 Å². The molecule has 1 heterocycles. The molecule has 1 saturated heterocycles. The molecule has 2 rings (SSSR count). The minimum atomic E-state index is -1.45. The number of carbonyl (C=O) groups excluding carboxylic acids is 3. The SMILES string of the molecule is CN[C@H](Cc1ccccc1)C(=O)N[C@@H](CC(=O)O)C(=O)N1CCC[C@@H](OC)[C@H]1CC(=O)N[C@@H](CCC(=O)O)C(=O)O. The molecule has 6 N–H and O–H groups in total. The summed E-state index contributed by atoms with van der Waals surface area (Å²) in [5.74, 6) is -5.97. The normalized spacial score (nSPS) is 18.9. The van der Waals surface area contributed by atoms with Gasteiger partial charge in [-0.25, -0.2) is 4.79 Å². The minimum absolute atomic E-state index is 0.156. The van der Waals surface area contributed by atoms with Crippen LogP contribution >= 0.6 is 0 Å². The van der Waals surface area contributed by atoms with E-state index in [9.17, 15) is 39.0 Å². The van der Waals surface area contributed by atoms with Gasteiger partial charge >= 0.3 is 17.9 Å². The first-order valence-corrected chi connectivity index (χ1v) is 13.3. The number of piperidine rings is 1. The van der Waals surface area contributed by atoms with Crippen molar-refractivity contribution >= 4 is 35.6 Å². The number of nitrogens with zero attached hydrogens (tertiary/aromatic N) is 1. The molecule has 1 aliphatic rings. The average Bonchev–Trinajstić information content (AvgIpc) is 2.93. The molecule has 14 heteroatoms. The van der Waals surface area contributed by atoms with Crippen LogP contribution in [0.1, 0.15) is 44.1 Å². The molecule has 5 atom stereocenters. The van der Waals surface area contributed by atoms with Gasteiger partial charge < -0.3 is 40.9 Å². The number of benzene rings is 1. The summed E-state index contributed by atoms with van der Waals surface area (Å²) in [6.45, 7) is 0.156. The smallest absolute Gasteiger partial charge is 0.326 e. The molecule has 226 valence electrons. The Morgan fingerprint density at radius 1 is 0.976 bits per heavy atom. The fraction of sp³-hybridized carbons (Fsp3) is 0.556. The first-order valence-electron chi connectivity index (χ1n) is 13.3. The number of likely N-dealkylation sites (tertiary alicyclic amines) is 1. The number of carboxylic acids is 3. The molecule has 0 spiro atoms. The van der Waals surface area contributed by atoms with Crippen molar-refractivity contribution in [3.63, 3.8) is 0 Å². The van der Waals surface area contributed by atoms with Crippen molar-refractivity contribution in [2.75, 3.05) is 20.7 Å². The number of ether oxygens (including phenoxy) is 1. The number of carboxylic acid groups (broad SMARTS) is 3. The Hall–Kier alpha value is -4.04. The molecule has 41 heavy (non-hydrogen) atoms. The van der Waals surface area contributed by atoms with Gasteiger partial charge in [0.25, 0.3) is 0 Å². The van der Waals surface area contributed by atoms with Crippen molar-refractivity contribution in [2.24, 2.45) is 0 Å². The lowest BCUT2D eigenvalue weighted by Crippen LogP contribution is -2.60. The van der Waals surface area contributed by atoms with E-state index in [0.29, 0.717) is 19.3 Å². The number of nitrogens with one attached hydrogen (secondary N) is 3. The number of aliphatic carboxylic acids is 3. The second kappa shape index (κ2) is 16.3. The Balaban J connectivity index is 2.22. The molecular formula is C27H38N4O10. The monoisotopic (exact) mass is 578 g/mol. The Morgan fingerprint density at radius 3 is 2.22 bits per heavy atom. The molecule has 1 fully saturated rings. The quantitative estimate of drug-likeness (QED) is 0.149. The van der Waals surface area contributed by atoms with E-state index in [-0.39, 0.29) is 19.4 Å². The summed E-state index contributed by atoms with van der Waals surface area (Å²) in [7, 11) is 2.97. The summed E-state index contributed by atoms with van der Waals surface area (Å²) >= 11 is 0. The van der Waals surface area contributed by atoms with Gasteiger partial charge in [0.05, 0.1) is 24.6 Å². The summed E-state index contributed by atoms with van der Waals surface area (Å²) in [4.78, 5) is 75.0. The highest BCUT2D eigenvalue weighted by Crippen LogP contribution is 2.24. The first kappa shape index (κ1) is 33.2. The summed E-state index contributed by atoms with van der Waals surface area (Å²) in [6, 6.07) is 4.62. The number of rotatable bonds is 16. The van der Waals surface area contributed by atoms with Crippen molar-refractivity contribution in [1.82, 2.24) is 20.9 Å². The molecule has 0 radical (unpaired) electrons. The van der Waals surface area contributed by atoms with Crippen molar-refractivity contribution in [3.05, 3.63) is 35.9 Å². The molecule has 3 amide bonds. The van der Waals surface area contributed by atoms with Crippen molar-refractivity contribution < 1.29 is 48.8 Å². The lowest BCUT2D eigenvalue weighted by atomic mass is 9.94. The number of hydrogen-bond acceptors (Lipinski definition) is 8. The van der Waals surface area contributed by atoms with Crippen LogP contribution in [0.2, 0.25) is 0 Å². The number of hydrogen-bond donors (Lipinski definition) is 6. The van der Waals surface area contributed by atoms with Gasteiger partial charge in [-0.15, -0.1) is 0 Å². The van der Waals surface area contributed by atoms with E-state index in [1.165, 1.54) is 12.0 Å². The number of carbonyl (C=O) groups is 6. The average molecular weight is 579 g/mol. The third-order valence-electron chi connectivity index (χ3n) is 6.92. The molecular weight excluding hydrogens is 540 g/mol. The van der Waals surface area contributed by atoms with Gasteiger partial charge in [-0.1, -0.05) is 30.3 Å². The van der Waals surface area contributed by atoms with Crippen molar-refractivity contribution in [1.29, 1.82) is 0 Å². The Kier molecular flexibility index (Phi) is 13.2. The van der Waals surface area contributed by atoms with Gasteiger partial charge in [0.1, 0.15) is 12.1 Å². The fourth-order valence-corrected chi connectivity index (χ4v) is 4.80. The Labute approximate surface area is 237 Å². The van der Waals surface area contributed by atoms with Crippen molar-refractivity contribution in [3.8, 4) is 0 Å². The molecule has 0 saturated carbocycles. The maximum Gasteiger partial charge on any atom is 0.326 e. The van der Waals surface area contributed by atoms with E-state index >= 15 is 0 Å². The van der Waals surface area contributed by atoms with Gasteiger partial charge in [0, 0.05) is 26.5 Å². The number of amides is 3. The Morgan fingerprint density at radius 2 is 1.66 bits per heavy atom. The van der Waals surface area contributed by atoms with E-state index in [4.69, 9.17) is 9.84 Å². The molecule has 0 unspecified atom stereocenters. The standard InChI is InChI=1S/C27H38N4O10/c1-28-18(13-16-7-4-3-5-8-16)25(37)30-19(14-24(35)36)26(38)31-12-6-9-21(41-2)20(31)15-22(32)29-17(27(39)40)10-11-23(33)34/h3-5,7-8,17-21,28H,6,9-15H2,1-2H3,(H,29,32)(H,30,37)(H,33,34)(H,35,36)(H,39,40)/t17-,18+,19-,20+,21+/m0/s1. The van der Waals surface area contributed by atoms with E-state index < -0.39 is 78.7 Å². The van der Waals surface area contributed by atoms with Crippen LogP contribution in [0.3, 0.4) is 0 Å². The van der Waals surface area contributed by atoms with Crippen LogP contribution in [0.25, 0.3) is 0 Å². The fourth-order valence-electron chi connectivity index (χ4n) is 4.80. The van der Waals surface area contributed by atoms with Crippen LogP contribution in [-0.2, 0) is 39.9 Å². The maximum atomic E-state index is 13.7. The lowest BCUT2D eigenvalue weighted by Gasteiger charge is -2.42. The molecule has 0 aliphatic carbocycles. The van der Waals surface area contributed by atoms with E-state index in [1.807, 2.05) is 30.3 Å². The van der Waals surface area contributed by atoms with Crippen LogP contribution < -0.4 is 16.0 Å². The number of likely N-dealkylation sites (N-methyl/N-ethyl adjacent to an activating group) is 1. The summed E-state index contributed by atoms with van der Waals surface area (Å²) < 4.78 is 5.50. The van der Waals surface area contributed by atoms with Crippen LogP contribution in [0, 0.1) is 0 Å². The lowest BCUT2D eigenvalue weighted by molar-refractivity contribution is -0.150. The minimum Gasteiger partial charge on any atom is -0.481 e. The zero-order valence-electron chi connectivity index (χ0n) is 23.1. The Bertz CT molecular complexity index is 1080. The molecule has 0 bridgehead atoms. The summed E-state index contributed by atoms with van der Waals surface area (Å²) in [6.07, 6.45) is -1.24. The second-order valence-electron chi connectivity index (χ2n) is 9.80. The highest BCUT2D eigenvalue weighted by Gasteiger charge is 2.40. The molecule has 1 aromatic carbocycles. The van der Waals surface area contributed by atoms with Crippen molar-refractivity contribution in [2.45, 2.75) is 75.2 Å². The molecule has 0 aromatic heterocycles. The van der Waals surface area contributed by atoms with Gasteiger partial charge in [0.2, 0.25) is 17.7 Å². The molecule has 1 aliphatic heterocycles. The zero-order chi connectivity index (χ0) is 30.5. The first-order chi connectivity index (χ1) is 19.5. The molecule has 1 aromatic rings. The third kappa shape index (κ3) is 10.5. The van der Waals surface area contributed by atoms with E-state index in [2.05, 4.69) is 16.0 Å². The van der Waals surface area contributed by atoms with E-state index in [0.717, 1.165) is 5.56 Å². The summed E-state index contributed by atoms with van der Waals surface area (Å²) in [5.41, 5.74) is 0.858. The highest BCUT2D eigenvalue weighted by atomic mass is 16.5. The van der Waals surface area contributed by atoms with Crippen LogP contribution in [0.15, 0.2) is 30.3 Å². The third-order valence-corrected chi connectivity index (χ3v) is 6.92. The highest BCUT2D eigenvalue weighted by molar-refractivity contribution is 5.93. The predicted molar refractivity (Wildman–Crippen MR) is 144 cm³/mol. The largest absolute Gasteiger partial charge is 0.481 e. The van der Waals surface area contributed by atoms with Gasteiger partial charge in [-0.05, 0) is 38.3 Å². The number of methoxy groups -OCH3 is 1. The van der Waals surface area contributed by atoms with Crippen LogP contribution in [0.5, 0.6) is 0 Å². The van der Waals surface area contributed by atoms with Crippen LogP contribution in [0.4, 0.5) is 0 Å². The van der Waals surface area contributed by atoms with E-state index in [1.54, 1.807) is 7.05 Å². The summed E-state index contributed by atoms with van der Waals surface area (Å²) in [5, 5.41) is 35.5.